The summed E-state index contributed by atoms with van der Waals surface area (Å²) in [5, 5.41) is 8.95. The number of ketones is 1. The number of esters is 1. The molecule has 1 aliphatic heterocycles. The first kappa shape index (κ1) is 13.8. The van der Waals surface area contributed by atoms with E-state index in [0.29, 0.717) is 11.3 Å². The predicted octanol–water partition coefficient (Wildman–Crippen LogP) is 1.92. The molecule has 102 valence electrons. The van der Waals surface area contributed by atoms with Gasteiger partial charge in [-0.3, -0.25) is 10.7 Å². The molecule has 0 aliphatic carbocycles. The van der Waals surface area contributed by atoms with E-state index in [4.69, 9.17) is 14.9 Å². The van der Waals surface area contributed by atoms with Crippen molar-refractivity contribution in [2.75, 3.05) is 13.2 Å². The van der Waals surface area contributed by atoms with Crippen molar-refractivity contribution in [3.05, 3.63) is 52.5 Å². The first-order valence-corrected chi connectivity index (χ1v) is 6.08. The Kier molecular flexibility index (Phi) is 4.13. The molecule has 0 unspecified atom stereocenters. The van der Waals surface area contributed by atoms with Crippen molar-refractivity contribution in [2.24, 2.45) is 0 Å². The average molecular weight is 270 g/mol. The van der Waals surface area contributed by atoms with Crippen molar-refractivity contribution in [1.29, 1.82) is 0 Å². The van der Waals surface area contributed by atoms with Gasteiger partial charge in [0.2, 0.25) is 0 Å². The lowest BCUT2D eigenvalue weighted by molar-refractivity contribution is -0.137. The van der Waals surface area contributed by atoms with E-state index in [1.807, 2.05) is 0 Å². The van der Waals surface area contributed by atoms with Crippen LogP contribution in [0.3, 0.4) is 0 Å². The van der Waals surface area contributed by atoms with Crippen LogP contribution in [0.5, 0.6) is 5.75 Å². The molecule has 0 saturated heterocycles. The number of nitrogens with zero attached hydrogens (tertiary/aromatic N) is 1. The van der Waals surface area contributed by atoms with Crippen molar-refractivity contribution in [2.45, 2.75) is 6.92 Å². The Morgan fingerprint density at radius 3 is 2.95 bits per heavy atom. The highest BCUT2D eigenvalue weighted by Crippen LogP contribution is 2.26. The van der Waals surface area contributed by atoms with Crippen molar-refractivity contribution in [3.8, 4) is 5.75 Å². The third-order valence-corrected chi connectivity index (χ3v) is 2.74. The van der Waals surface area contributed by atoms with Gasteiger partial charge in [-0.2, -0.15) is 0 Å². The Bertz CT molecular complexity index is 639. The molecule has 5 nitrogen and oxygen atoms in total. The van der Waals surface area contributed by atoms with Gasteiger partial charge in [0.1, 0.15) is 12.4 Å². The molecule has 0 amide bonds. The Morgan fingerprint density at radius 1 is 1.50 bits per heavy atom. The molecule has 0 atom stereocenters. The second-order valence-corrected chi connectivity index (χ2v) is 4.03. The zero-order valence-corrected chi connectivity index (χ0v) is 10.9. The summed E-state index contributed by atoms with van der Waals surface area (Å²) in [6, 6.07) is 6.83. The van der Waals surface area contributed by atoms with Crippen molar-refractivity contribution in [1.82, 2.24) is 0 Å². The summed E-state index contributed by atoms with van der Waals surface area (Å²) in [5.41, 5.74) is 0.470. The van der Waals surface area contributed by atoms with Crippen LogP contribution in [-0.2, 0) is 9.53 Å². The highest BCUT2D eigenvalue weighted by atomic mass is 16.5. The monoisotopic (exact) mass is 270 g/mol. The molecule has 20 heavy (non-hydrogen) atoms. The van der Waals surface area contributed by atoms with Crippen LogP contribution in [0.2, 0.25) is 0 Å². The Hall–Kier alpha value is -2.65. The fourth-order valence-electron chi connectivity index (χ4n) is 1.80. The van der Waals surface area contributed by atoms with E-state index in [9.17, 15) is 9.59 Å². The van der Waals surface area contributed by atoms with Crippen molar-refractivity contribution in [3.63, 3.8) is 0 Å². The van der Waals surface area contributed by atoms with Crippen LogP contribution in [-0.4, -0.2) is 30.8 Å². The largest absolute Gasteiger partial charge is 0.763 e. The van der Waals surface area contributed by atoms with Gasteiger partial charge < -0.3 is 14.9 Å². The number of rotatable bonds is 3. The van der Waals surface area contributed by atoms with Crippen LogP contribution in [0.4, 0.5) is 0 Å². The Balaban J connectivity index is 2.31. The fraction of sp³-hybridized carbons (Fsp3) is 0.200. The van der Waals surface area contributed by atoms with Gasteiger partial charge in [-0.25, -0.2) is 4.79 Å². The molecule has 1 aromatic carbocycles. The summed E-state index contributed by atoms with van der Waals surface area (Å²) >= 11 is 0. The van der Waals surface area contributed by atoms with E-state index in [2.05, 4.69) is 0 Å². The van der Waals surface area contributed by atoms with Crippen LogP contribution in [0.15, 0.2) is 41.5 Å². The lowest BCUT2D eigenvalue weighted by Gasteiger charge is -2.18. The number of carbonyl (C=O) groups is 2. The minimum atomic E-state index is -0.742. The summed E-state index contributed by atoms with van der Waals surface area (Å²) in [6.07, 6.45) is 1.23. The lowest BCUT2D eigenvalue weighted by Crippen LogP contribution is -2.20. The van der Waals surface area contributed by atoms with E-state index in [0.717, 1.165) is 0 Å². The number of Topliss-reactive ketones (excluding diaryl/α,β-unsaturated/α-hetero) is 1. The molecule has 1 heterocycles. The van der Waals surface area contributed by atoms with Gasteiger partial charge >= 0.3 is 5.97 Å². The first-order chi connectivity index (χ1) is 9.67. The molecular formula is C15H12NO4-. The molecule has 0 radical (unpaired) electrons. The average Bonchev–Trinajstić information content (AvgIpc) is 2.47. The number of hydrogen-bond donors (Lipinski definition) is 0. The van der Waals surface area contributed by atoms with E-state index in [-0.39, 0.29) is 30.1 Å². The molecule has 0 aromatic heterocycles. The van der Waals surface area contributed by atoms with Gasteiger partial charge in [0.15, 0.2) is 5.78 Å². The number of carbonyl (C=O) groups excluding carboxylic acids is 2. The highest BCUT2D eigenvalue weighted by Gasteiger charge is 2.23. The molecule has 1 aromatic rings. The Labute approximate surface area is 116 Å². The first-order valence-electron chi connectivity index (χ1n) is 6.08. The number of para-hydroxylation sites is 1. The van der Waals surface area contributed by atoms with E-state index >= 15 is 0 Å². The van der Waals surface area contributed by atoms with Gasteiger partial charge in [-0.1, -0.05) is 12.1 Å². The van der Waals surface area contributed by atoms with E-state index in [1.54, 1.807) is 37.1 Å². The zero-order chi connectivity index (χ0) is 14.5. The van der Waals surface area contributed by atoms with Gasteiger partial charge in [0, 0.05) is 5.57 Å². The lowest BCUT2D eigenvalue weighted by atomic mass is 9.99. The summed E-state index contributed by atoms with van der Waals surface area (Å²) in [4.78, 5) is 23.7. The van der Waals surface area contributed by atoms with Crippen molar-refractivity contribution < 1.29 is 19.1 Å². The smallest absolute Gasteiger partial charge is 0.344 e. The molecule has 0 spiro atoms. The van der Waals surface area contributed by atoms with Crippen LogP contribution in [0.1, 0.15) is 17.3 Å². The number of fused-ring (bicyclic) bond motifs is 1. The molecule has 2 rings (SSSR count). The quantitative estimate of drug-likeness (QED) is 0.477. The zero-order valence-electron chi connectivity index (χ0n) is 10.9. The van der Waals surface area contributed by atoms with Gasteiger partial charge in [-0.15, -0.1) is 0 Å². The number of hydrogen-bond acceptors (Lipinski definition) is 4. The molecule has 1 aliphatic rings. The maximum atomic E-state index is 12.2. The maximum Gasteiger partial charge on any atom is 0.344 e. The molecule has 0 saturated carbocycles. The summed E-state index contributed by atoms with van der Waals surface area (Å²) in [7, 11) is 0. The molecule has 0 bridgehead atoms. The van der Waals surface area contributed by atoms with Gasteiger partial charge in [0.05, 0.1) is 17.7 Å². The third-order valence-electron chi connectivity index (χ3n) is 2.74. The van der Waals surface area contributed by atoms with Crippen LogP contribution < -0.4 is 4.74 Å². The molecule has 0 N–H and O–H groups in total. The molecule has 5 heteroatoms. The van der Waals surface area contributed by atoms with Crippen LogP contribution in [0.25, 0.3) is 5.41 Å². The van der Waals surface area contributed by atoms with E-state index in [1.165, 1.54) is 6.08 Å². The minimum Gasteiger partial charge on any atom is -0.763 e. The minimum absolute atomic E-state index is 0.0282. The fourth-order valence-corrected chi connectivity index (χ4v) is 1.80. The van der Waals surface area contributed by atoms with Crippen LogP contribution >= 0.6 is 0 Å². The highest BCUT2D eigenvalue weighted by molar-refractivity contribution is 6.13. The topological polar surface area (TPSA) is 74.9 Å². The maximum absolute atomic E-state index is 12.2. The second-order valence-electron chi connectivity index (χ2n) is 4.03. The normalized spacial score (nSPS) is 15.1. The van der Waals surface area contributed by atoms with Gasteiger partial charge in [0.25, 0.3) is 0 Å². The molecular weight excluding hydrogens is 258 g/mol. The summed E-state index contributed by atoms with van der Waals surface area (Å²) < 4.78 is 10.2. The third kappa shape index (κ3) is 2.68. The Morgan fingerprint density at radius 2 is 2.25 bits per heavy atom. The molecule has 0 fully saturated rings. The number of benzene rings is 1. The van der Waals surface area contributed by atoms with Crippen LogP contribution in [0, 0.1) is 0 Å². The SMILES string of the molecule is CCOC(=O)C(=C=[N-])/C=C1/COc2ccccc2C1=O. The van der Waals surface area contributed by atoms with Gasteiger partial charge in [-0.05, 0) is 25.1 Å². The van der Waals surface area contributed by atoms with Crippen molar-refractivity contribution >= 4 is 17.6 Å². The van der Waals surface area contributed by atoms with E-state index < -0.39 is 5.97 Å². The number of ether oxygens (including phenoxy) is 2. The summed E-state index contributed by atoms with van der Waals surface area (Å²) in [6.45, 7) is 1.84. The standard InChI is InChI=1S/C15H12NO4/c1-2-19-15(18)10(8-16)7-11-9-20-13-6-4-3-5-12(13)14(11)17/h3-7H,2,9H2,1H3/q-1/b11-7-. The predicted molar refractivity (Wildman–Crippen MR) is 72.9 cm³/mol. The second kappa shape index (κ2) is 5.99. The summed E-state index contributed by atoms with van der Waals surface area (Å²) in [5.74, 6) is 1.25.